The molecule has 0 saturated heterocycles. The van der Waals surface area contributed by atoms with Crippen LogP contribution in [0.3, 0.4) is 0 Å². The van der Waals surface area contributed by atoms with E-state index in [9.17, 15) is 4.79 Å². The number of benzene rings is 2. The first-order valence-corrected chi connectivity index (χ1v) is 8.80. The lowest BCUT2D eigenvalue weighted by Gasteiger charge is -2.05. The largest absolute Gasteiger partial charge is 0.298 e. The number of aromatic nitrogens is 1. The minimum atomic E-state index is -0.136. The number of thiazole rings is 1. The number of halogens is 1. The molecule has 0 atom stereocenters. The van der Waals surface area contributed by atoms with Gasteiger partial charge in [-0.25, -0.2) is 4.98 Å². The molecule has 1 N–H and O–H groups in total. The van der Waals surface area contributed by atoms with Crippen LogP contribution >= 0.6 is 27.3 Å². The summed E-state index contributed by atoms with van der Waals surface area (Å²) < 4.78 is 1.00. The standard InChI is InChI=1S/C18H15BrN2OS/c1-11-6-7-14(8-12(11)2)17(22)21-18-20-16(10-23-18)13-4-3-5-15(19)9-13/h3-10H,1-2H3,(H,20,21,22). The van der Waals surface area contributed by atoms with Gasteiger partial charge in [-0.3, -0.25) is 10.1 Å². The Kier molecular flexibility index (Phi) is 4.59. The van der Waals surface area contributed by atoms with Crippen molar-refractivity contribution in [3.8, 4) is 11.3 Å². The molecule has 2 aromatic carbocycles. The van der Waals surface area contributed by atoms with Gasteiger partial charge in [-0.1, -0.05) is 34.1 Å². The highest BCUT2D eigenvalue weighted by atomic mass is 79.9. The summed E-state index contributed by atoms with van der Waals surface area (Å²) in [6, 6.07) is 13.6. The lowest BCUT2D eigenvalue weighted by molar-refractivity contribution is 0.102. The van der Waals surface area contributed by atoms with Gasteiger partial charge in [-0.15, -0.1) is 11.3 Å². The second-order valence-corrected chi connectivity index (χ2v) is 7.08. The Bertz CT molecular complexity index is 873. The van der Waals surface area contributed by atoms with Gasteiger partial charge in [0.15, 0.2) is 5.13 Å². The molecule has 0 unspecified atom stereocenters. The monoisotopic (exact) mass is 386 g/mol. The van der Waals surface area contributed by atoms with E-state index in [2.05, 4.69) is 26.2 Å². The van der Waals surface area contributed by atoms with Crippen molar-refractivity contribution in [2.75, 3.05) is 5.32 Å². The molecule has 116 valence electrons. The topological polar surface area (TPSA) is 42.0 Å². The van der Waals surface area contributed by atoms with Gasteiger partial charge in [-0.2, -0.15) is 0 Å². The summed E-state index contributed by atoms with van der Waals surface area (Å²) in [5.41, 5.74) is 4.79. The van der Waals surface area contributed by atoms with Crippen LogP contribution in [0.25, 0.3) is 11.3 Å². The Hall–Kier alpha value is -1.98. The number of carbonyl (C=O) groups is 1. The van der Waals surface area contributed by atoms with E-state index in [-0.39, 0.29) is 5.91 Å². The second-order valence-electron chi connectivity index (χ2n) is 5.30. The third-order valence-electron chi connectivity index (χ3n) is 3.61. The molecule has 1 aromatic heterocycles. The van der Waals surface area contributed by atoms with E-state index in [1.807, 2.05) is 61.7 Å². The van der Waals surface area contributed by atoms with Crippen molar-refractivity contribution in [2.45, 2.75) is 13.8 Å². The van der Waals surface area contributed by atoms with Crippen molar-refractivity contribution >= 4 is 38.3 Å². The summed E-state index contributed by atoms with van der Waals surface area (Å²) >= 11 is 4.88. The van der Waals surface area contributed by atoms with Crippen molar-refractivity contribution in [3.05, 3.63) is 69.0 Å². The molecule has 0 saturated carbocycles. The molecule has 0 aliphatic rings. The third kappa shape index (κ3) is 3.68. The Morgan fingerprint density at radius 3 is 2.70 bits per heavy atom. The number of nitrogens with zero attached hydrogens (tertiary/aromatic N) is 1. The van der Waals surface area contributed by atoms with Crippen LogP contribution in [0, 0.1) is 13.8 Å². The summed E-state index contributed by atoms with van der Waals surface area (Å²) in [5.74, 6) is -0.136. The zero-order valence-electron chi connectivity index (χ0n) is 12.8. The number of aryl methyl sites for hydroxylation is 2. The van der Waals surface area contributed by atoms with Crippen molar-refractivity contribution in [2.24, 2.45) is 0 Å². The summed E-state index contributed by atoms with van der Waals surface area (Å²) in [6.45, 7) is 4.03. The second kappa shape index (κ2) is 6.64. The summed E-state index contributed by atoms with van der Waals surface area (Å²) in [4.78, 5) is 16.8. The van der Waals surface area contributed by atoms with E-state index in [0.29, 0.717) is 10.7 Å². The van der Waals surface area contributed by atoms with E-state index >= 15 is 0 Å². The quantitative estimate of drug-likeness (QED) is 0.650. The number of carbonyl (C=O) groups excluding carboxylic acids is 1. The average molecular weight is 387 g/mol. The van der Waals surface area contributed by atoms with Crippen LogP contribution in [0.1, 0.15) is 21.5 Å². The summed E-state index contributed by atoms with van der Waals surface area (Å²) in [5, 5.41) is 5.41. The first-order valence-electron chi connectivity index (χ1n) is 7.13. The normalized spacial score (nSPS) is 10.6. The maximum absolute atomic E-state index is 12.3. The van der Waals surface area contributed by atoms with Crippen molar-refractivity contribution in [1.82, 2.24) is 4.98 Å². The Balaban J connectivity index is 1.78. The molecule has 0 aliphatic carbocycles. The summed E-state index contributed by atoms with van der Waals surface area (Å²) in [7, 11) is 0. The highest BCUT2D eigenvalue weighted by Crippen LogP contribution is 2.27. The molecule has 1 amide bonds. The molecule has 0 fully saturated rings. The van der Waals surface area contributed by atoms with E-state index < -0.39 is 0 Å². The van der Waals surface area contributed by atoms with Crippen LogP contribution in [0.15, 0.2) is 52.3 Å². The smallest absolute Gasteiger partial charge is 0.257 e. The highest BCUT2D eigenvalue weighted by molar-refractivity contribution is 9.10. The molecule has 3 nitrogen and oxygen atoms in total. The molecule has 0 aliphatic heterocycles. The van der Waals surface area contributed by atoms with Gasteiger partial charge in [0.05, 0.1) is 5.69 Å². The fraction of sp³-hybridized carbons (Fsp3) is 0.111. The minimum Gasteiger partial charge on any atom is -0.298 e. The van der Waals surface area contributed by atoms with E-state index in [4.69, 9.17) is 0 Å². The van der Waals surface area contributed by atoms with Crippen LogP contribution in [0.2, 0.25) is 0 Å². The number of hydrogen-bond acceptors (Lipinski definition) is 3. The average Bonchev–Trinajstić information content (AvgIpc) is 2.98. The molecule has 0 bridgehead atoms. The van der Waals surface area contributed by atoms with E-state index in [1.54, 1.807) is 0 Å². The Labute approximate surface area is 147 Å². The van der Waals surface area contributed by atoms with E-state index in [1.165, 1.54) is 16.9 Å². The molecular weight excluding hydrogens is 372 g/mol. The first kappa shape index (κ1) is 15.9. The summed E-state index contributed by atoms with van der Waals surface area (Å²) in [6.07, 6.45) is 0. The van der Waals surface area contributed by atoms with Crippen LogP contribution in [-0.4, -0.2) is 10.9 Å². The molecular formula is C18H15BrN2OS. The van der Waals surface area contributed by atoms with Crippen LogP contribution < -0.4 is 5.32 Å². The molecule has 3 aromatic rings. The molecule has 0 spiro atoms. The highest BCUT2D eigenvalue weighted by Gasteiger charge is 2.11. The predicted octanol–water partition coefficient (Wildman–Crippen LogP) is 5.44. The van der Waals surface area contributed by atoms with Crippen molar-refractivity contribution in [1.29, 1.82) is 0 Å². The number of nitrogens with one attached hydrogen (secondary N) is 1. The van der Waals surface area contributed by atoms with Gasteiger partial charge < -0.3 is 0 Å². The molecule has 5 heteroatoms. The molecule has 3 rings (SSSR count). The number of hydrogen-bond donors (Lipinski definition) is 1. The zero-order chi connectivity index (χ0) is 16.4. The van der Waals surface area contributed by atoms with Crippen LogP contribution in [-0.2, 0) is 0 Å². The fourth-order valence-electron chi connectivity index (χ4n) is 2.16. The first-order chi connectivity index (χ1) is 11.0. The Morgan fingerprint density at radius 2 is 1.96 bits per heavy atom. The number of amides is 1. The Morgan fingerprint density at radius 1 is 1.13 bits per heavy atom. The van der Waals surface area contributed by atoms with Gasteiger partial charge in [0.2, 0.25) is 0 Å². The maximum atomic E-state index is 12.3. The van der Waals surface area contributed by atoms with Crippen LogP contribution in [0.4, 0.5) is 5.13 Å². The SMILES string of the molecule is Cc1ccc(C(=O)Nc2nc(-c3cccc(Br)c3)cs2)cc1C. The molecule has 0 radical (unpaired) electrons. The van der Waals surface area contributed by atoms with Crippen molar-refractivity contribution < 1.29 is 4.79 Å². The lowest BCUT2D eigenvalue weighted by Crippen LogP contribution is -2.12. The molecule has 23 heavy (non-hydrogen) atoms. The zero-order valence-corrected chi connectivity index (χ0v) is 15.2. The minimum absolute atomic E-state index is 0.136. The predicted molar refractivity (Wildman–Crippen MR) is 99.1 cm³/mol. The van der Waals surface area contributed by atoms with Gasteiger partial charge in [0.25, 0.3) is 5.91 Å². The lowest BCUT2D eigenvalue weighted by atomic mass is 10.1. The van der Waals surface area contributed by atoms with Gasteiger partial charge in [-0.05, 0) is 49.2 Å². The third-order valence-corrected chi connectivity index (χ3v) is 4.87. The van der Waals surface area contributed by atoms with E-state index in [0.717, 1.165) is 21.3 Å². The maximum Gasteiger partial charge on any atom is 0.257 e. The van der Waals surface area contributed by atoms with Crippen molar-refractivity contribution in [3.63, 3.8) is 0 Å². The van der Waals surface area contributed by atoms with Gasteiger partial charge >= 0.3 is 0 Å². The number of anilines is 1. The molecule has 1 heterocycles. The van der Waals surface area contributed by atoms with Gasteiger partial charge in [0, 0.05) is 21.0 Å². The van der Waals surface area contributed by atoms with Gasteiger partial charge in [0.1, 0.15) is 0 Å². The number of rotatable bonds is 3. The fourth-order valence-corrected chi connectivity index (χ4v) is 3.28. The van der Waals surface area contributed by atoms with Crippen LogP contribution in [0.5, 0.6) is 0 Å².